The third-order valence-corrected chi connectivity index (χ3v) is 6.25. The smallest absolute Gasteiger partial charge is 0.246 e. The number of carbonyl (C=O) groups excluding carboxylic acids is 1. The highest BCUT2D eigenvalue weighted by atomic mass is 16.5. The van der Waals surface area contributed by atoms with Gasteiger partial charge in [0.2, 0.25) is 5.91 Å². The highest BCUT2D eigenvalue weighted by Gasteiger charge is 2.17. The molecule has 5 heteroatoms. The largest absolute Gasteiger partial charge is 0.493 e. The van der Waals surface area contributed by atoms with Crippen molar-refractivity contribution in [2.24, 2.45) is 0 Å². The zero-order valence-corrected chi connectivity index (χ0v) is 20.4. The Kier molecular flexibility index (Phi) is 8.96. The summed E-state index contributed by atoms with van der Waals surface area (Å²) in [6.07, 6.45) is 6.04. The van der Waals surface area contributed by atoms with E-state index in [0.717, 1.165) is 36.3 Å². The average molecular weight is 471 g/mol. The lowest BCUT2D eigenvalue weighted by Gasteiger charge is -2.25. The molecule has 0 N–H and O–H groups in total. The molecule has 1 amide bonds. The average Bonchev–Trinajstić information content (AvgIpc) is 3.43. The third kappa shape index (κ3) is 7.46. The Balaban J connectivity index is 1.48. The standard InChI is InChI=1S/C30H34N2O3/c1-34-28-16-14-27(22-29(28)35-24-26-12-6-3-7-13-26)23-32(21-20-31-18-8-9-19-31)30(33)17-15-25-10-4-2-5-11-25/h2-7,10-17,22H,8-9,18-21,23-24H2,1H3/b17-15+. The zero-order valence-electron chi connectivity index (χ0n) is 20.4. The highest BCUT2D eigenvalue weighted by molar-refractivity contribution is 5.91. The molecule has 0 bridgehead atoms. The normalized spacial score (nSPS) is 13.7. The Bertz CT molecular complexity index is 1090. The van der Waals surface area contributed by atoms with E-state index in [-0.39, 0.29) is 5.91 Å². The Hall–Kier alpha value is -3.57. The molecule has 182 valence electrons. The summed E-state index contributed by atoms with van der Waals surface area (Å²) in [5, 5.41) is 0. The molecule has 0 aliphatic carbocycles. The molecule has 0 radical (unpaired) electrons. The summed E-state index contributed by atoms with van der Waals surface area (Å²) in [5.74, 6) is 1.37. The fourth-order valence-corrected chi connectivity index (χ4v) is 4.26. The van der Waals surface area contributed by atoms with Crippen LogP contribution >= 0.6 is 0 Å². The predicted molar refractivity (Wildman–Crippen MR) is 140 cm³/mol. The maximum absolute atomic E-state index is 13.2. The number of nitrogens with zero attached hydrogens (tertiary/aromatic N) is 2. The van der Waals surface area contributed by atoms with E-state index >= 15 is 0 Å². The number of ether oxygens (including phenoxy) is 2. The first-order chi connectivity index (χ1) is 17.2. The van der Waals surface area contributed by atoms with E-state index in [0.29, 0.717) is 31.2 Å². The Morgan fingerprint density at radius 1 is 0.914 bits per heavy atom. The number of amides is 1. The minimum Gasteiger partial charge on any atom is -0.493 e. The van der Waals surface area contributed by atoms with Gasteiger partial charge in [0.1, 0.15) is 6.61 Å². The van der Waals surface area contributed by atoms with E-state index in [1.165, 1.54) is 12.8 Å². The predicted octanol–water partition coefficient (Wildman–Crippen LogP) is 5.41. The van der Waals surface area contributed by atoms with Gasteiger partial charge in [-0.1, -0.05) is 66.7 Å². The molecular weight excluding hydrogens is 436 g/mol. The first kappa shape index (κ1) is 24.6. The lowest BCUT2D eigenvalue weighted by atomic mass is 10.1. The number of carbonyl (C=O) groups is 1. The van der Waals surface area contributed by atoms with Crippen molar-refractivity contribution >= 4 is 12.0 Å². The molecule has 3 aromatic carbocycles. The van der Waals surface area contributed by atoms with Crippen molar-refractivity contribution in [2.75, 3.05) is 33.3 Å². The van der Waals surface area contributed by atoms with Gasteiger partial charge in [0, 0.05) is 25.7 Å². The first-order valence-electron chi connectivity index (χ1n) is 12.3. The number of benzene rings is 3. The van der Waals surface area contributed by atoms with Crippen LogP contribution in [0, 0.1) is 0 Å². The van der Waals surface area contributed by atoms with E-state index in [4.69, 9.17) is 9.47 Å². The summed E-state index contributed by atoms with van der Waals surface area (Å²) in [4.78, 5) is 17.6. The molecule has 0 saturated carbocycles. The van der Waals surface area contributed by atoms with E-state index in [9.17, 15) is 4.79 Å². The van der Waals surface area contributed by atoms with Crippen LogP contribution in [0.3, 0.4) is 0 Å². The number of rotatable bonds is 11. The lowest BCUT2D eigenvalue weighted by Crippen LogP contribution is -2.36. The number of hydrogen-bond donors (Lipinski definition) is 0. The first-order valence-corrected chi connectivity index (χ1v) is 12.3. The molecule has 0 spiro atoms. The second-order valence-electron chi connectivity index (χ2n) is 8.81. The summed E-state index contributed by atoms with van der Waals surface area (Å²) in [6.45, 7) is 4.77. The molecule has 0 atom stereocenters. The summed E-state index contributed by atoms with van der Waals surface area (Å²) in [5.41, 5.74) is 3.12. The quantitative estimate of drug-likeness (QED) is 0.351. The van der Waals surface area contributed by atoms with Crippen molar-refractivity contribution in [3.63, 3.8) is 0 Å². The van der Waals surface area contributed by atoms with Gasteiger partial charge in [0.25, 0.3) is 0 Å². The molecule has 1 heterocycles. The van der Waals surface area contributed by atoms with Crippen LogP contribution < -0.4 is 9.47 Å². The van der Waals surface area contributed by atoms with Crippen molar-refractivity contribution in [2.45, 2.75) is 26.0 Å². The summed E-state index contributed by atoms with van der Waals surface area (Å²) < 4.78 is 11.6. The van der Waals surface area contributed by atoms with Gasteiger partial charge in [0.05, 0.1) is 7.11 Å². The molecule has 4 rings (SSSR count). The van der Waals surface area contributed by atoms with Gasteiger partial charge in [-0.3, -0.25) is 4.79 Å². The van der Waals surface area contributed by atoms with Crippen molar-refractivity contribution in [1.29, 1.82) is 0 Å². The summed E-state index contributed by atoms with van der Waals surface area (Å²) in [6, 6.07) is 25.9. The SMILES string of the molecule is COc1ccc(CN(CCN2CCCC2)C(=O)/C=C/c2ccccc2)cc1OCc1ccccc1. The second-order valence-corrected chi connectivity index (χ2v) is 8.81. The topological polar surface area (TPSA) is 42.0 Å². The van der Waals surface area contributed by atoms with Gasteiger partial charge < -0.3 is 19.3 Å². The highest BCUT2D eigenvalue weighted by Crippen LogP contribution is 2.29. The molecule has 1 aliphatic heterocycles. The minimum absolute atomic E-state index is 0.00984. The molecule has 5 nitrogen and oxygen atoms in total. The molecule has 1 saturated heterocycles. The van der Waals surface area contributed by atoms with Crippen molar-refractivity contribution < 1.29 is 14.3 Å². The van der Waals surface area contributed by atoms with E-state index in [1.54, 1.807) is 13.2 Å². The maximum Gasteiger partial charge on any atom is 0.246 e. The van der Waals surface area contributed by atoms with Crippen molar-refractivity contribution in [1.82, 2.24) is 9.80 Å². The van der Waals surface area contributed by atoms with E-state index in [2.05, 4.69) is 4.90 Å². The minimum atomic E-state index is 0.00984. The Labute approximate surface area is 208 Å². The molecule has 35 heavy (non-hydrogen) atoms. The van der Waals surface area contributed by atoms with E-state index < -0.39 is 0 Å². The second kappa shape index (κ2) is 12.8. The lowest BCUT2D eigenvalue weighted by molar-refractivity contribution is -0.126. The van der Waals surface area contributed by atoms with Gasteiger partial charge in [0.15, 0.2) is 11.5 Å². The van der Waals surface area contributed by atoms with Gasteiger partial charge in [-0.15, -0.1) is 0 Å². The molecule has 1 fully saturated rings. The van der Waals surface area contributed by atoms with E-state index in [1.807, 2.05) is 89.8 Å². The number of methoxy groups -OCH3 is 1. The fraction of sp³-hybridized carbons (Fsp3) is 0.300. The van der Waals surface area contributed by atoms with Crippen LogP contribution in [-0.4, -0.2) is 49.0 Å². The van der Waals surface area contributed by atoms with Gasteiger partial charge in [-0.25, -0.2) is 0 Å². The van der Waals surface area contributed by atoms with Crippen LogP contribution in [0.4, 0.5) is 0 Å². The summed E-state index contributed by atoms with van der Waals surface area (Å²) >= 11 is 0. The third-order valence-electron chi connectivity index (χ3n) is 6.25. The van der Waals surface area contributed by atoms with Crippen molar-refractivity contribution in [3.05, 3.63) is 102 Å². The van der Waals surface area contributed by atoms with Crippen LogP contribution in [0.15, 0.2) is 84.9 Å². The number of hydrogen-bond acceptors (Lipinski definition) is 4. The Morgan fingerprint density at radius 2 is 1.63 bits per heavy atom. The van der Waals surface area contributed by atoms with Gasteiger partial charge >= 0.3 is 0 Å². The molecule has 0 aromatic heterocycles. The molecule has 0 unspecified atom stereocenters. The summed E-state index contributed by atoms with van der Waals surface area (Å²) in [7, 11) is 1.64. The van der Waals surface area contributed by atoms with Crippen LogP contribution in [0.25, 0.3) is 6.08 Å². The van der Waals surface area contributed by atoms with Crippen LogP contribution in [0.1, 0.15) is 29.5 Å². The number of likely N-dealkylation sites (tertiary alicyclic amines) is 1. The van der Waals surface area contributed by atoms with Crippen LogP contribution in [0.5, 0.6) is 11.5 Å². The van der Waals surface area contributed by atoms with Gasteiger partial charge in [-0.2, -0.15) is 0 Å². The fourth-order valence-electron chi connectivity index (χ4n) is 4.26. The Morgan fingerprint density at radius 3 is 2.34 bits per heavy atom. The monoisotopic (exact) mass is 470 g/mol. The van der Waals surface area contributed by atoms with Crippen LogP contribution in [-0.2, 0) is 17.9 Å². The van der Waals surface area contributed by atoms with Gasteiger partial charge in [-0.05, 0) is 60.8 Å². The molecular formula is C30H34N2O3. The molecule has 3 aromatic rings. The van der Waals surface area contributed by atoms with Crippen molar-refractivity contribution in [3.8, 4) is 11.5 Å². The zero-order chi connectivity index (χ0) is 24.3. The molecule has 1 aliphatic rings. The van der Waals surface area contributed by atoms with Crippen LogP contribution in [0.2, 0.25) is 0 Å². The maximum atomic E-state index is 13.2.